The number of benzene rings is 1. The summed E-state index contributed by atoms with van der Waals surface area (Å²) < 4.78 is 5.36. The number of hydrogen-bond donors (Lipinski definition) is 1. The molecule has 0 bridgehead atoms. The lowest BCUT2D eigenvalue weighted by atomic mass is 9.99. The summed E-state index contributed by atoms with van der Waals surface area (Å²) >= 11 is 4.97. The van der Waals surface area contributed by atoms with E-state index in [0.717, 1.165) is 30.6 Å². The number of thiocarbonyl (C=S) groups is 1. The summed E-state index contributed by atoms with van der Waals surface area (Å²) in [7, 11) is 0. The third-order valence-electron chi connectivity index (χ3n) is 4.15. The van der Waals surface area contributed by atoms with Crippen molar-refractivity contribution in [3.63, 3.8) is 0 Å². The summed E-state index contributed by atoms with van der Waals surface area (Å²) in [5, 5.41) is 3.03. The Morgan fingerprint density at radius 2 is 2.30 bits per heavy atom. The molecule has 6 nitrogen and oxygen atoms in total. The minimum Gasteiger partial charge on any atom is -0.442 e. The number of hydrogen-bond acceptors (Lipinski definition) is 4. The zero-order valence-corrected chi connectivity index (χ0v) is 13.8. The van der Waals surface area contributed by atoms with E-state index in [9.17, 15) is 9.59 Å². The Labute approximate surface area is 140 Å². The van der Waals surface area contributed by atoms with Crippen LogP contribution in [0.2, 0.25) is 0 Å². The average molecular weight is 333 g/mol. The summed E-state index contributed by atoms with van der Waals surface area (Å²) in [6.45, 7) is 4.13. The van der Waals surface area contributed by atoms with Crippen LogP contribution in [-0.4, -0.2) is 48.1 Å². The number of rotatable bonds is 4. The maximum Gasteiger partial charge on any atom is 0.414 e. The topological polar surface area (TPSA) is 61.9 Å². The molecular weight excluding hydrogens is 314 g/mol. The van der Waals surface area contributed by atoms with E-state index in [-0.39, 0.29) is 12.2 Å². The lowest BCUT2D eigenvalue weighted by Gasteiger charge is -2.26. The normalized spacial score (nSPS) is 20.0. The second-order valence-electron chi connectivity index (χ2n) is 5.83. The molecule has 23 heavy (non-hydrogen) atoms. The van der Waals surface area contributed by atoms with Gasteiger partial charge in [-0.05, 0) is 36.6 Å². The molecule has 2 aliphatic heterocycles. The van der Waals surface area contributed by atoms with Gasteiger partial charge in [0.05, 0.1) is 18.1 Å². The van der Waals surface area contributed by atoms with Crippen molar-refractivity contribution in [2.45, 2.75) is 26.0 Å². The first-order valence-electron chi connectivity index (χ1n) is 7.60. The first-order chi connectivity index (χ1) is 11.1. The lowest BCUT2D eigenvalue weighted by Crippen LogP contribution is -2.33. The summed E-state index contributed by atoms with van der Waals surface area (Å²) in [5.41, 5.74) is 3.13. The quantitative estimate of drug-likeness (QED) is 0.668. The van der Waals surface area contributed by atoms with E-state index in [4.69, 9.17) is 17.0 Å². The smallest absolute Gasteiger partial charge is 0.414 e. The molecule has 122 valence electrons. The molecule has 1 N–H and O–H groups in total. The van der Waals surface area contributed by atoms with Gasteiger partial charge in [-0.1, -0.05) is 18.3 Å². The molecule has 7 heteroatoms. The summed E-state index contributed by atoms with van der Waals surface area (Å²) in [4.78, 5) is 27.1. The van der Waals surface area contributed by atoms with Gasteiger partial charge in [0.2, 0.25) is 6.41 Å². The second kappa shape index (κ2) is 6.54. The molecule has 3 rings (SSSR count). The van der Waals surface area contributed by atoms with Crippen LogP contribution in [0.25, 0.3) is 0 Å². The Morgan fingerprint density at radius 3 is 3.04 bits per heavy atom. The summed E-state index contributed by atoms with van der Waals surface area (Å²) in [6, 6.07) is 5.95. The lowest BCUT2D eigenvalue weighted by molar-refractivity contribution is -0.118. The number of fused-ring (bicyclic) bond motifs is 1. The highest BCUT2D eigenvalue weighted by Gasteiger charge is 2.32. The fourth-order valence-electron chi connectivity index (χ4n) is 2.92. The number of cyclic esters (lactones) is 1. The van der Waals surface area contributed by atoms with E-state index in [1.807, 2.05) is 18.2 Å². The largest absolute Gasteiger partial charge is 0.442 e. The SMILES string of the molecule is CC(=S)NC[C@H]1CN(c2ccc3c(c2)CN(C=O)CC3)C(=O)O1. The van der Waals surface area contributed by atoms with Crippen molar-refractivity contribution in [3.8, 4) is 0 Å². The number of anilines is 1. The van der Waals surface area contributed by atoms with Gasteiger partial charge >= 0.3 is 6.09 Å². The van der Waals surface area contributed by atoms with Crippen molar-refractivity contribution in [2.24, 2.45) is 0 Å². The van der Waals surface area contributed by atoms with Crippen LogP contribution < -0.4 is 10.2 Å². The van der Waals surface area contributed by atoms with Crippen molar-refractivity contribution >= 4 is 35.4 Å². The molecule has 0 unspecified atom stereocenters. The molecule has 1 fully saturated rings. The molecular formula is C16H19N3O3S. The van der Waals surface area contributed by atoms with Crippen LogP contribution in [0, 0.1) is 0 Å². The highest BCUT2D eigenvalue weighted by molar-refractivity contribution is 7.80. The van der Waals surface area contributed by atoms with E-state index in [0.29, 0.717) is 24.6 Å². The molecule has 0 radical (unpaired) electrons. The minimum atomic E-state index is -0.346. The van der Waals surface area contributed by atoms with Crippen molar-refractivity contribution in [1.29, 1.82) is 0 Å². The van der Waals surface area contributed by atoms with E-state index in [1.165, 1.54) is 5.56 Å². The van der Waals surface area contributed by atoms with Crippen LogP contribution in [0.4, 0.5) is 10.5 Å². The predicted molar refractivity (Wildman–Crippen MR) is 90.5 cm³/mol. The molecule has 0 saturated carbocycles. The van der Waals surface area contributed by atoms with Crippen LogP contribution in [0.3, 0.4) is 0 Å². The van der Waals surface area contributed by atoms with E-state index in [2.05, 4.69) is 5.32 Å². The third kappa shape index (κ3) is 3.44. The van der Waals surface area contributed by atoms with Gasteiger partial charge in [0.25, 0.3) is 0 Å². The van der Waals surface area contributed by atoms with Gasteiger partial charge in [0.1, 0.15) is 6.10 Å². The Bertz CT molecular complexity index is 649. The Balaban J connectivity index is 1.73. The van der Waals surface area contributed by atoms with E-state index < -0.39 is 0 Å². The minimum absolute atomic E-state index is 0.220. The molecule has 2 amide bonds. The Kier molecular flexibility index (Phi) is 4.47. The Hall–Kier alpha value is -2.15. The fourth-order valence-corrected chi connectivity index (χ4v) is 3.00. The molecule has 1 saturated heterocycles. The van der Waals surface area contributed by atoms with Gasteiger partial charge in [-0.3, -0.25) is 9.69 Å². The van der Waals surface area contributed by atoms with Gasteiger partial charge in [-0.2, -0.15) is 0 Å². The van der Waals surface area contributed by atoms with Gasteiger partial charge < -0.3 is 15.0 Å². The third-order valence-corrected chi connectivity index (χ3v) is 4.29. The van der Waals surface area contributed by atoms with Crippen LogP contribution in [0.1, 0.15) is 18.1 Å². The molecule has 2 heterocycles. The maximum atomic E-state index is 12.1. The van der Waals surface area contributed by atoms with Crippen molar-refractivity contribution in [3.05, 3.63) is 29.3 Å². The van der Waals surface area contributed by atoms with E-state index in [1.54, 1.807) is 16.7 Å². The van der Waals surface area contributed by atoms with Crippen LogP contribution in [0.5, 0.6) is 0 Å². The highest BCUT2D eigenvalue weighted by atomic mass is 32.1. The molecule has 1 aromatic carbocycles. The van der Waals surface area contributed by atoms with Gasteiger partial charge in [0, 0.05) is 18.8 Å². The number of amides is 2. The number of nitrogens with one attached hydrogen (secondary N) is 1. The molecule has 1 aromatic rings. The van der Waals surface area contributed by atoms with Crippen molar-refractivity contribution < 1.29 is 14.3 Å². The zero-order valence-electron chi connectivity index (χ0n) is 12.9. The van der Waals surface area contributed by atoms with Crippen molar-refractivity contribution in [2.75, 3.05) is 24.5 Å². The molecule has 0 spiro atoms. The molecule has 1 atom stereocenters. The second-order valence-corrected chi connectivity index (χ2v) is 6.44. The first kappa shape index (κ1) is 15.7. The predicted octanol–water partition coefficient (Wildman–Crippen LogP) is 1.46. The molecule has 0 aliphatic carbocycles. The van der Waals surface area contributed by atoms with E-state index >= 15 is 0 Å². The van der Waals surface area contributed by atoms with Gasteiger partial charge in [-0.25, -0.2) is 4.79 Å². The van der Waals surface area contributed by atoms with Crippen molar-refractivity contribution in [1.82, 2.24) is 10.2 Å². The maximum absolute atomic E-state index is 12.1. The average Bonchev–Trinajstić information content (AvgIpc) is 2.92. The number of nitrogens with zero attached hydrogens (tertiary/aromatic N) is 2. The fraction of sp³-hybridized carbons (Fsp3) is 0.438. The van der Waals surface area contributed by atoms with Crippen LogP contribution >= 0.6 is 12.2 Å². The monoisotopic (exact) mass is 333 g/mol. The number of carbonyl (C=O) groups excluding carboxylic acids is 2. The van der Waals surface area contributed by atoms with Gasteiger partial charge in [-0.15, -0.1) is 0 Å². The summed E-state index contributed by atoms with van der Waals surface area (Å²) in [5.74, 6) is 0. The molecule has 2 aliphatic rings. The Morgan fingerprint density at radius 1 is 1.48 bits per heavy atom. The summed E-state index contributed by atoms with van der Waals surface area (Å²) in [6.07, 6.45) is 1.15. The number of ether oxygens (including phenoxy) is 1. The van der Waals surface area contributed by atoms with Crippen LogP contribution in [0.15, 0.2) is 18.2 Å². The highest BCUT2D eigenvalue weighted by Crippen LogP contribution is 2.27. The van der Waals surface area contributed by atoms with Crippen LogP contribution in [-0.2, 0) is 22.5 Å². The standard InChI is InChI=1S/C16H19N3O3S/c1-11(23)17-7-15-9-19(16(21)22-15)14-3-2-12-4-5-18(10-20)8-13(12)6-14/h2-3,6,10,15H,4-5,7-9H2,1H3,(H,17,23)/t15-/m0/s1. The zero-order chi connectivity index (χ0) is 16.4. The first-order valence-corrected chi connectivity index (χ1v) is 8.01. The number of carbonyl (C=O) groups is 2. The van der Waals surface area contributed by atoms with Gasteiger partial charge in [0.15, 0.2) is 0 Å². The molecule has 0 aromatic heterocycles.